The van der Waals surface area contributed by atoms with Crippen molar-refractivity contribution in [2.45, 2.75) is 137 Å². The standard InChI is InChI=1S/C38H51N3O2S/c1-14-35(6,7)23-18-25(37(10,11)16-3)30-27(20-23)40-33(42-30)29-32(44-22(5)39-29)34-41-28-21-24(36(8,9)15-2)19-26(31(28)43-34)38(12,13)17-4/h18-21H,14-17H2,1-13H3. The molecule has 0 amide bonds. The van der Waals surface area contributed by atoms with Crippen LogP contribution in [0.25, 0.3) is 44.6 Å². The fourth-order valence-electron chi connectivity index (χ4n) is 5.56. The number of fused-ring (bicyclic) bond motifs is 2. The molecule has 0 saturated carbocycles. The Kier molecular flexibility index (Phi) is 8.19. The molecule has 5 rings (SSSR count). The molecule has 44 heavy (non-hydrogen) atoms. The van der Waals surface area contributed by atoms with Gasteiger partial charge in [0.05, 0.1) is 5.01 Å². The van der Waals surface area contributed by atoms with E-state index in [1.807, 2.05) is 6.92 Å². The van der Waals surface area contributed by atoms with Gasteiger partial charge in [-0.15, -0.1) is 11.3 Å². The minimum atomic E-state index is -0.0670. The average Bonchev–Trinajstić information content (AvgIpc) is 3.71. The summed E-state index contributed by atoms with van der Waals surface area (Å²) in [6.45, 7) is 29.3. The molecule has 0 aliphatic heterocycles. The van der Waals surface area contributed by atoms with Gasteiger partial charge >= 0.3 is 0 Å². The molecule has 0 radical (unpaired) electrons. The van der Waals surface area contributed by atoms with Crippen LogP contribution in [0.1, 0.15) is 136 Å². The third kappa shape index (κ3) is 5.52. The third-order valence-corrected chi connectivity index (χ3v) is 11.6. The quantitative estimate of drug-likeness (QED) is 0.157. The number of benzene rings is 2. The molecular formula is C38H51N3O2S. The van der Waals surface area contributed by atoms with Crippen LogP contribution in [-0.4, -0.2) is 15.0 Å². The molecule has 3 aromatic heterocycles. The van der Waals surface area contributed by atoms with Crippen LogP contribution in [0.3, 0.4) is 0 Å². The summed E-state index contributed by atoms with van der Waals surface area (Å²) < 4.78 is 13.3. The van der Waals surface area contributed by atoms with Crippen molar-refractivity contribution in [2.24, 2.45) is 0 Å². The average molecular weight is 614 g/mol. The largest absolute Gasteiger partial charge is 0.435 e. The Labute approximate surface area is 267 Å². The Morgan fingerprint density at radius 3 is 1.41 bits per heavy atom. The normalized spacial score (nSPS) is 13.5. The fourth-order valence-corrected chi connectivity index (χ4v) is 6.39. The monoisotopic (exact) mass is 613 g/mol. The summed E-state index contributed by atoms with van der Waals surface area (Å²) in [4.78, 5) is 16.0. The Balaban J connectivity index is 1.74. The highest BCUT2D eigenvalue weighted by atomic mass is 32.1. The molecule has 0 atom stereocenters. The maximum Gasteiger partial charge on any atom is 0.247 e. The highest BCUT2D eigenvalue weighted by Gasteiger charge is 2.32. The van der Waals surface area contributed by atoms with Crippen molar-refractivity contribution in [1.82, 2.24) is 15.0 Å². The smallest absolute Gasteiger partial charge is 0.247 e. The topological polar surface area (TPSA) is 65.0 Å². The molecule has 5 aromatic rings. The number of aromatic nitrogens is 3. The molecule has 0 aliphatic rings. The first-order valence-corrected chi connectivity index (χ1v) is 17.2. The van der Waals surface area contributed by atoms with Crippen molar-refractivity contribution >= 4 is 33.5 Å². The minimum Gasteiger partial charge on any atom is -0.435 e. The van der Waals surface area contributed by atoms with Gasteiger partial charge in [0.25, 0.3) is 0 Å². The van der Waals surface area contributed by atoms with Crippen LogP contribution in [0, 0.1) is 6.92 Å². The zero-order valence-corrected chi connectivity index (χ0v) is 30.0. The van der Waals surface area contributed by atoms with Crippen molar-refractivity contribution in [3.05, 3.63) is 51.5 Å². The summed E-state index contributed by atoms with van der Waals surface area (Å²) >= 11 is 1.58. The van der Waals surface area contributed by atoms with E-state index in [9.17, 15) is 0 Å². The number of thiazole rings is 1. The van der Waals surface area contributed by atoms with Gasteiger partial charge in [0.15, 0.2) is 11.2 Å². The first-order chi connectivity index (χ1) is 20.5. The highest BCUT2D eigenvalue weighted by Crippen LogP contribution is 2.44. The molecule has 5 nitrogen and oxygen atoms in total. The van der Waals surface area contributed by atoms with E-state index in [0.717, 1.165) is 57.8 Å². The first-order valence-electron chi connectivity index (χ1n) is 16.4. The van der Waals surface area contributed by atoms with Gasteiger partial charge in [0, 0.05) is 11.1 Å². The van der Waals surface area contributed by atoms with Gasteiger partial charge in [0.1, 0.15) is 21.6 Å². The molecule has 0 bridgehead atoms. The van der Waals surface area contributed by atoms with Crippen LogP contribution >= 0.6 is 11.3 Å². The number of hydrogen-bond donors (Lipinski definition) is 0. The van der Waals surface area contributed by atoms with E-state index in [1.54, 1.807) is 11.3 Å². The molecule has 6 heteroatoms. The lowest BCUT2D eigenvalue weighted by molar-refractivity contribution is 0.483. The van der Waals surface area contributed by atoms with E-state index in [4.69, 9.17) is 23.8 Å². The van der Waals surface area contributed by atoms with Gasteiger partial charge in [-0.05, 0) is 77.5 Å². The third-order valence-electron chi connectivity index (χ3n) is 10.7. The number of aryl methyl sites for hydroxylation is 1. The molecular weight excluding hydrogens is 563 g/mol. The molecule has 0 aliphatic carbocycles. The number of nitrogens with zero attached hydrogens (tertiary/aromatic N) is 3. The molecule has 0 unspecified atom stereocenters. The summed E-state index contributed by atoms with van der Waals surface area (Å²) in [6.07, 6.45) is 4.07. The number of rotatable bonds is 10. The van der Waals surface area contributed by atoms with Crippen LogP contribution in [-0.2, 0) is 21.7 Å². The van der Waals surface area contributed by atoms with Crippen LogP contribution in [0.2, 0.25) is 0 Å². The molecule has 0 fully saturated rings. The van der Waals surface area contributed by atoms with Gasteiger partial charge in [-0.25, -0.2) is 15.0 Å². The molecule has 236 valence electrons. The molecule has 3 heterocycles. The summed E-state index contributed by atoms with van der Waals surface area (Å²) in [5, 5.41) is 0.920. The van der Waals surface area contributed by atoms with E-state index in [1.165, 1.54) is 22.3 Å². The van der Waals surface area contributed by atoms with Crippen LogP contribution in [0.4, 0.5) is 0 Å². The maximum atomic E-state index is 6.69. The second-order valence-corrected chi connectivity index (χ2v) is 16.3. The Bertz CT molecular complexity index is 1700. The summed E-state index contributed by atoms with van der Waals surface area (Å²) in [7, 11) is 0. The lowest BCUT2D eigenvalue weighted by Gasteiger charge is -2.28. The second-order valence-electron chi connectivity index (χ2n) is 15.1. The van der Waals surface area contributed by atoms with Crippen molar-refractivity contribution < 1.29 is 8.83 Å². The summed E-state index contributed by atoms with van der Waals surface area (Å²) in [6, 6.07) is 9.10. The highest BCUT2D eigenvalue weighted by molar-refractivity contribution is 7.15. The Hall–Kier alpha value is -2.99. The lowest BCUT2D eigenvalue weighted by atomic mass is 9.76. The SMILES string of the molecule is CCC(C)(C)c1cc(C(C)(C)CC)c2oc(-c3nc(C)sc3-c3nc4cc(C(C)(C)CC)cc(C(C)(C)CC)c4o3)nc2c1. The van der Waals surface area contributed by atoms with Crippen molar-refractivity contribution in [1.29, 1.82) is 0 Å². The Morgan fingerprint density at radius 1 is 0.568 bits per heavy atom. The van der Waals surface area contributed by atoms with Gasteiger partial charge in [-0.1, -0.05) is 95.2 Å². The predicted molar refractivity (Wildman–Crippen MR) is 186 cm³/mol. The van der Waals surface area contributed by atoms with E-state index in [2.05, 4.69) is 107 Å². The fraction of sp³-hybridized carbons (Fsp3) is 0.553. The Morgan fingerprint density at radius 2 is 0.977 bits per heavy atom. The number of hydrogen-bond acceptors (Lipinski definition) is 6. The van der Waals surface area contributed by atoms with Crippen molar-refractivity contribution in [3.8, 4) is 22.4 Å². The molecule has 0 N–H and O–H groups in total. The minimum absolute atomic E-state index is 0.0294. The number of oxazole rings is 2. The zero-order chi connectivity index (χ0) is 32.4. The second kappa shape index (κ2) is 11.1. The summed E-state index contributed by atoms with van der Waals surface area (Å²) in [5.41, 5.74) is 9.07. The van der Waals surface area contributed by atoms with Gasteiger partial charge in [-0.2, -0.15) is 0 Å². The molecule has 2 aromatic carbocycles. The van der Waals surface area contributed by atoms with Crippen molar-refractivity contribution in [2.75, 3.05) is 0 Å². The van der Waals surface area contributed by atoms with E-state index in [-0.39, 0.29) is 21.7 Å². The predicted octanol–water partition coefficient (Wildman–Crippen LogP) is 11.8. The van der Waals surface area contributed by atoms with Crippen LogP contribution in [0.15, 0.2) is 33.1 Å². The molecule has 0 saturated heterocycles. The van der Waals surface area contributed by atoms with E-state index >= 15 is 0 Å². The van der Waals surface area contributed by atoms with E-state index < -0.39 is 0 Å². The van der Waals surface area contributed by atoms with E-state index in [0.29, 0.717) is 17.5 Å². The van der Waals surface area contributed by atoms with Crippen LogP contribution < -0.4 is 0 Å². The van der Waals surface area contributed by atoms with Crippen molar-refractivity contribution in [3.63, 3.8) is 0 Å². The zero-order valence-electron chi connectivity index (χ0n) is 29.2. The van der Waals surface area contributed by atoms with Gasteiger partial charge in [-0.3, -0.25) is 0 Å². The van der Waals surface area contributed by atoms with Gasteiger partial charge < -0.3 is 8.83 Å². The first kappa shape index (κ1) is 32.4. The summed E-state index contributed by atoms with van der Waals surface area (Å²) in [5.74, 6) is 1.09. The van der Waals surface area contributed by atoms with Crippen LogP contribution in [0.5, 0.6) is 0 Å². The maximum absolute atomic E-state index is 6.69. The molecule has 0 spiro atoms. The lowest BCUT2D eigenvalue weighted by Crippen LogP contribution is -2.20. The van der Waals surface area contributed by atoms with Gasteiger partial charge in [0.2, 0.25) is 11.8 Å².